The molecule has 0 bridgehead atoms. The second-order valence-electron chi connectivity index (χ2n) is 5.37. The van der Waals surface area contributed by atoms with Crippen LogP contribution in [0.1, 0.15) is 27.2 Å². The van der Waals surface area contributed by atoms with Crippen LogP contribution in [0.3, 0.4) is 0 Å². The van der Waals surface area contributed by atoms with Gasteiger partial charge in [0.2, 0.25) is 5.91 Å². The molecule has 0 unspecified atom stereocenters. The van der Waals surface area contributed by atoms with Gasteiger partial charge in [0.1, 0.15) is 0 Å². The maximum absolute atomic E-state index is 11.8. The molecule has 1 rings (SSSR count). The van der Waals surface area contributed by atoms with Gasteiger partial charge < -0.3 is 10.2 Å². The number of hydrogen-bond donors (Lipinski definition) is 1. The number of hydrogen-bond acceptors (Lipinski definition) is 3. The second-order valence-corrected chi connectivity index (χ2v) is 5.37. The third-order valence-electron chi connectivity index (χ3n) is 3.32. The molecule has 0 aromatic heterocycles. The zero-order valence-corrected chi connectivity index (χ0v) is 11.0. The van der Waals surface area contributed by atoms with E-state index in [0.717, 1.165) is 32.6 Å². The molecule has 0 aromatic rings. The molecule has 1 N–H and O–H groups in total. The van der Waals surface area contributed by atoms with Crippen molar-refractivity contribution in [3.63, 3.8) is 0 Å². The van der Waals surface area contributed by atoms with Gasteiger partial charge in [-0.3, -0.25) is 9.69 Å². The summed E-state index contributed by atoms with van der Waals surface area (Å²) in [6.07, 6.45) is 0.960. The first-order valence-electron chi connectivity index (χ1n) is 6.15. The number of carbonyl (C=O) groups excluding carboxylic acids is 1. The highest BCUT2D eigenvalue weighted by Gasteiger charge is 2.21. The van der Waals surface area contributed by atoms with Crippen LogP contribution >= 0.6 is 0 Å². The molecule has 4 nitrogen and oxygen atoms in total. The lowest BCUT2D eigenvalue weighted by Gasteiger charge is -2.33. The van der Waals surface area contributed by atoms with Crippen molar-refractivity contribution >= 4 is 5.91 Å². The van der Waals surface area contributed by atoms with E-state index in [9.17, 15) is 4.79 Å². The lowest BCUT2D eigenvalue weighted by atomic mass is 10.0. The van der Waals surface area contributed by atoms with E-state index in [0.29, 0.717) is 6.54 Å². The van der Waals surface area contributed by atoms with E-state index in [1.54, 1.807) is 0 Å². The van der Waals surface area contributed by atoms with Gasteiger partial charge in [0.15, 0.2) is 0 Å². The van der Waals surface area contributed by atoms with Crippen LogP contribution in [0, 0.1) is 0 Å². The molecule has 0 saturated carbocycles. The molecule has 0 aliphatic carbocycles. The second kappa shape index (κ2) is 5.64. The van der Waals surface area contributed by atoms with Gasteiger partial charge in [-0.25, -0.2) is 0 Å². The Morgan fingerprint density at radius 3 is 2.31 bits per heavy atom. The minimum Gasteiger partial charge on any atom is -0.350 e. The zero-order chi connectivity index (χ0) is 12.2. The molecule has 0 atom stereocenters. The predicted molar refractivity (Wildman–Crippen MR) is 66.4 cm³/mol. The van der Waals surface area contributed by atoms with Crippen molar-refractivity contribution < 1.29 is 4.79 Å². The first-order chi connectivity index (χ1) is 7.43. The SMILES string of the molecule is CCC(C)(C)NC(=O)CN1CCN(C)CC1. The van der Waals surface area contributed by atoms with Crippen LogP contribution in [-0.2, 0) is 4.79 Å². The predicted octanol–water partition coefficient (Wildman–Crippen LogP) is 0.539. The Labute approximate surface area is 99.0 Å². The van der Waals surface area contributed by atoms with E-state index in [4.69, 9.17) is 0 Å². The Kier molecular flexibility index (Phi) is 4.74. The van der Waals surface area contributed by atoms with E-state index in [2.05, 4.69) is 42.9 Å². The van der Waals surface area contributed by atoms with Crippen LogP contribution in [0.2, 0.25) is 0 Å². The van der Waals surface area contributed by atoms with Gasteiger partial charge in [-0.2, -0.15) is 0 Å². The topological polar surface area (TPSA) is 35.6 Å². The number of nitrogens with one attached hydrogen (secondary N) is 1. The van der Waals surface area contributed by atoms with Crippen molar-refractivity contribution in [2.75, 3.05) is 39.8 Å². The summed E-state index contributed by atoms with van der Waals surface area (Å²) in [6, 6.07) is 0. The van der Waals surface area contributed by atoms with E-state index in [-0.39, 0.29) is 11.4 Å². The molecule has 1 heterocycles. The van der Waals surface area contributed by atoms with E-state index >= 15 is 0 Å². The van der Waals surface area contributed by atoms with Gasteiger partial charge in [0, 0.05) is 31.7 Å². The van der Waals surface area contributed by atoms with Crippen molar-refractivity contribution in [1.29, 1.82) is 0 Å². The van der Waals surface area contributed by atoms with Crippen LogP contribution in [0.4, 0.5) is 0 Å². The van der Waals surface area contributed by atoms with E-state index < -0.39 is 0 Å². The van der Waals surface area contributed by atoms with Crippen molar-refractivity contribution in [3.8, 4) is 0 Å². The van der Waals surface area contributed by atoms with E-state index in [1.165, 1.54) is 0 Å². The summed E-state index contributed by atoms with van der Waals surface area (Å²) < 4.78 is 0. The number of likely N-dealkylation sites (N-methyl/N-ethyl adjacent to an activating group) is 1. The summed E-state index contributed by atoms with van der Waals surface area (Å²) >= 11 is 0. The molecular formula is C12H25N3O. The van der Waals surface area contributed by atoms with Gasteiger partial charge in [-0.15, -0.1) is 0 Å². The fourth-order valence-electron chi connectivity index (χ4n) is 1.71. The normalized spacial score (nSPS) is 19.8. The smallest absolute Gasteiger partial charge is 0.234 e. The fraction of sp³-hybridized carbons (Fsp3) is 0.917. The zero-order valence-electron chi connectivity index (χ0n) is 11.0. The maximum atomic E-state index is 11.8. The quantitative estimate of drug-likeness (QED) is 0.761. The van der Waals surface area contributed by atoms with Gasteiger partial charge in [0.25, 0.3) is 0 Å². The summed E-state index contributed by atoms with van der Waals surface area (Å²) in [4.78, 5) is 16.3. The molecule has 1 fully saturated rings. The van der Waals surface area contributed by atoms with Crippen molar-refractivity contribution in [2.45, 2.75) is 32.7 Å². The van der Waals surface area contributed by atoms with Crippen LogP contribution in [-0.4, -0.2) is 61.0 Å². The van der Waals surface area contributed by atoms with Crippen LogP contribution in [0.25, 0.3) is 0 Å². The van der Waals surface area contributed by atoms with Gasteiger partial charge in [-0.1, -0.05) is 6.92 Å². The van der Waals surface area contributed by atoms with Crippen LogP contribution < -0.4 is 5.32 Å². The largest absolute Gasteiger partial charge is 0.350 e. The van der Waals surface area contributed by atoms with Gasteiger partial charge in [-0.05, 0) is 27.3 Å². The molecule has 0 aromatic carbocycles. The average molecular weight is 227 g/mol. The highest BCUT2D eigenvalue weighted by atomic mass is 16.2. The number of nitrogens with zero attached hydrogens (tertiary/aromatic N) is 2. The summed E-state index contributed by atoms with van der Waals surface area (Å²) in [6.45, 7) is 10.9. The first kappa shape index (κ1) is 13.5. The Morgan fingerprint density at radius 2 is 1.81 bits per heavy atom. The maximum Gasteiger partial charge on any atom is 0.234 e. The molecule has 4 heteroatoms. The van der Waals surface area contributed by atoms with Crippen LogP contribution in [0.15, 0.2) is 0 Å². The highest BCUT2D eigenvalue weighted by Crippen LogP contribution is 2.07. The standard InChI is InChI=1S/C12H25N3O/c1-5-12(2,3)13-11(16)10-15-8-6-14(4)7-9-15/h5-10H2,1-4H3,(H,13,16). The van der Waals surface area contributed by atoms with Crippen molar-refractivity contribution in [3.05, 3.63) is 0 Å². The molecule has 94 valence electrons. The number of amides is 1. The molecule has 16 heavy (non-hydrogen) atoms. The first-order valence-corrected chi connectivity index (χ1v) is 6.15. The monoisotopic (exact) mass is 227 g/mol. The summed E-state index contributed by atoms with van der Waals surface area (Å²) in [5, 5.41) is 3.07. The molecule has 1 amide bonds. The number of carbonyl (C=O) groups is 1. The summed E-state index contributed by atoms with van der Waals surface area (Å²) in [7, 11) is 2.12. The molecular weight excluding hydrogens is 202 g/mol. The highest BCUT2D eigenvalue weighted by molar-refractivity contribution is 5.78. The Bertz CT molecular complexity index is 232. The lowest BCUT2D eigenvalue weighted by Crippen LogP contribution is -2.51. The fourth-order valence-corrected chi connectivity index (χ4v) is 1.71. The van der Waals surface area contributed by atoms with Gasteiger partial charge in [0.05, 0.1) is 6.54 Å². The Morgan fingerprint density at radius 1 is 1.25 bits per heavy atom. The molecule has 1 aliphatic heterocycles. The minimum absolute atomic E-state index is 0.0797. The molecule has 0 spiro atoms. The minimum atomic E-state index is -0.0797. The van der Waals surface area contributed by atoms with Crippen molar-refractivity contribution in [2.24, 2.45) is 0 Å². The van der Waals surface area contributed by atoms with Gasteiger partial charge >= 0.3 is 0 Å². The molecule has 0 radical (unpaired) electrons. The Hall–Kier alpha value is -0.610. The van der Waals surface area contributed by atoms with E-state index in [1.807, 2.05) is 0 Å². The summed E-state index contributed by atoms with van der Waals surface area (Å²) in [5.74, 6) is 0.149. The third kappa shape index (κ3) is 4.49. The molecule has 1 saturated heterocycles. The Balaban J connectivity index is 2.29. The van der Waals surface area contributed by atoms with Crippen molar-refractivity contribution in [1.82, 2.24) is 15.1 Å². The number of piperazine rings is 1. The lowest BCUT2D eigenvalue weighted by molar-refractivity contribution is -0.124. The summed E-state index contributed by atoms with van der Waals surface area (Å²) in [5.41, 5.74) is -0.0797. The average Bonchev–Trinajstić information content (AvgIpc) is 2.21. The molecule has 1 aliphatic rings. The number of rotatable bonds is 4. The van der Waals surface area contributed by atoms with Crippen LogP contribution in [0.5, 0.6) is 0 Å². The third-order valence-corrected chi connectivity index (χ3v) is 3.32.